The molecule has 7 heteroatoms. The van der Waals surface area contributed by atoms with Crippen LogP contribution in [-0.2, 0) is 4.79 Å². The van der Waals surface area contributed by atoms with Crippen LogP contribution in [0.1, 0.15) is 47.6 Å². The number of anilines is 1. The Bertz CT molecular complexity index is 957. The number of H-pyrrole nitrogens is 1. The second-order valence-electron chi connectivity index (χ2n) is 7.34. The predicted octanol–water partition coefficient (Wildman–Crippen LogP) is 3.29. The number of aromatic amines is 1. The maximum absolute atomic E-state index is 12.6. The number of ether oxygens (including phenoxy) is 1. The molecule has 0 atom stereocenters. The van der Waals surface area contributed by atoms with Crippen molar-refractivity contribution in [2.24, 2.45) is 0 Å². The largest absolute Gasteiger partial charge is 0.497 e. The van der Waals surface area contributed by atoms with Crippen LogP contribution in [0.25, 0.3) is 11.6 Å². The lowest BCUT2D eigenvalue weighted by Gasteiger charge is -2.17. The van der Waals surface area contributed by atoms with Gasteiger partial charge in [0.25, 0.3) is 11.8 Å². The summed E-state index contributed by atoms with van der Waals surface area (Å²) in [5.41, 5.74) is 4.18. The summed E-state index contributed by atoms with van der Waals surface area (Å²) < 4.78 is 5.22. The molecular weight excluding hydrogens is 380 g/mol. The zero-order chi connectivity index (χ0) is 21.7. The smallest absolute Gasteiger partial charge is 0.267 e. The Morgan fingerprint density at radius 1 is 1.23 bits per heavy atom. The number of methoxy groups -OCH3 is 1. The maximum Gasteiger partial charge on any atom is 0.267 e. The average molecular weight is 411 g/mol. The van der Waals surface area contributed by atoms with Crippen molar-refractivity contribution in [1.29, 1.82) is 0 Å². The second-order valence-corrected chi connectivity index (χ2v) is 7.34. The highest BCUT2D eigenvalue weighted by atomic mass is 16.5. The number of nitrogens with zero attached hydrogens (tertiary/aromatic N) is 1. The molecule has 2 amide bonds. The van der Waals surface area contributed by atoms with Gasteiger partial charge in [-0.3, -0.25) is 9.59 Å². The van der Waals surface area contributed by atoms with Gasteiger partial charge in [-0.25, -0.2) is 0 Å². The summed E-state index contributed by atoms with van der Waals surface area (Å²) in [4.78, 5) is 30.5. The fourth-order valence-corrected chi connectivity index (χ4v) is 3.63. The van der Waals surface area contributed by atoms with E-state index in [1.54, 1.807) is 19.3 Å². The minimum atomic E-state index is -0.173. The Morgan fingerprint density at radius 2 is 2.00 bits per heavy atom. The number of rotatable bonds is 9. The number of benzene rings is 1. The van der Waals surface area contributed by atoms with E-state index in [0.717, 1.165) is 48.6 Å². The molecular formula is C23H30N4O3. The summed E-state index contributed by atoms with van der Waals surface area (Å²) >= 11 is 0. The zero-order valence-corrected chi connectivity index (χ0v) is 18.1. The van der Waals surface area contributed by atoms with Gasteiger partial charge < -0.3 is 25.3 Å². The Labute approximate surface area is 177 Å². The van der Waals surface area contributed by atoms with Gasteiger partial charge in [0, 0.05) is 23.9 Å². The molecule has 1 aliphatic heterocycles. The first-order valence-corrected chi connectivity index (χ1v) is 10.4. The topological polar surface area (TPSA) is 86.5 Å². The molecule has 1 aliphatic rings. The molecule has 0 fully saturated rings. The highest BCUT2D eigenvalue weighted by molar-refractivity contribution is 6.34. The first-order valence-electron chi connectivity index (χ1n) is 10.4. The molecule has 2 aromatic rings. The van der Waals surface area contributed by atoms with Gasteiger partial charge in [0.05, 0.1) is 18.4 Å². The average Bonchev–Trinajstić information content (AvgIpc) is 3.26. The minimum absolute atomic E-state index is 0.127. The van der Waals surface area contributed by atoms with Gasteiger partial charge in [0.15, 0.2) is 0 Å². The summed E-state index contributed by atoms with van der Waals surface area (Å²) in [6.45, 7) is 9.79. The van der Waals surface area contributed by atoms with Crippen molar-refractivity contribution in [3.05, 3.63) is 46.8 Å². The molecule has 0 saturated heterocycles. The Morgan fingerprint density at radius 3 is 2.70 bits per heavy atom. The third kappa shape index (κ3) is 4.74. The Kier molecular flexibility index (Phi) is 6.95. The maximum atomic E-state index is 12.6. The van der Waals surface area contributed by atoms with Crippen LogP contribution in [0.5, 0.6) is 5.75 Å². The van der Waals surface area contributed by atoms with E-state index in [-0.39, 0.29) is 11.8 Å². The molecule has 160 valence electrons. The molecule has 7 nitrogen and oxygen atoms in total. The molecule has 3 rings (SSSR count). The second kappa shape index (κ2) is 9.63. The third-order valence-corrected chi connectivity index (χ3v) is 5.40. The standard InChI is InChI=1S/C23H30N4O3/c1-5-27(6-2)11-7-10-24-23(29)21-15(3)12-16(25-21)13-19-18-9-8-17(30-4)14-20(18)26-22(19)28/h8-9,12-14,25H,5-7,10-11H2,1-4H3,(H,24,29)(H,26,28). The van der Waals surface area contributed by atoms with Crippen LogP contribution in [0.2, 0.25) is 0 Å². The monoisotopic (exact) mass is 410 g/mol. The van der Waals surface area contributed by atoms with Crippen LogP contribution in [-0.4, -0.2) is 55.0 Å². The lowest BCUT2D eigenvalue weighted by atomic mass is 10.1. The van der Waals surface area contributed by atoms with Crippen molar-refractivity contribution in [2.45, 2.75) is 27.2 Å². The SMILES string of the molecule is CCN(CC)CCCNC(=O)c1[nH]c(C=C2C(=O)Nc3cc(OC)ccc32)cc1C. The fourth-order valence-electron chi connectivity index (χ4n) is 3.63. The quantitative estimate of drug-likeness (QED) is 0.437. The highest BCUT2D eigenvalue weighted by Crippen LogP contribution is 2.35. The molecule has 0 saturated carbocycles. The normalized spacial score (nSPS) is 14.2. The van der Waals surface area contributed by atoms with E-state index in [0.29, 0.717) is 23.6 Å². The molecule has 0 aliphatic carbocycles. The molecule has 0 bridgehead atoms. The number of carbonyl (C=O) groups excluding carboxylic acids is 2. The van der Waals surface area contributed by atoms with Crippen molar-refractivity contribution in [2.75, 3.05) is 38.6 Å². The first kappa shape index (κ1) is 21.6. The van der Waals surface area contributed by atoms with E-state index in [2.05, 4.69) is 34.4 Å². The van der Waals surface area contributed by atoms with Crippen molar-refractivity contribution in [1.82, 2.24) is 15.2 Å². The number of hydrogen-bond donors (Lipinski definition) is 3. The van der Waals surface area contributed by atoms with Crippen molar-refractivity contribution < 1.29 is 14.3 Å². The lowest BCUT2D eigenvalue weighted by Crippen LogP contribution is -2.30. The summed E-state index contributed by atoms with van der Waals surface area (Å²) in [6.07, 6.45) is 2.68. The highest BCUT2D eigenvalue weighted by Gasteiger charge is 2.25. The van der Waals surface area contributed by atoms with E-state index < -0.39 is 0 Å². The third-order valence-electron chi connectivity index (χ3n) is 5.40. The molecule has 2 heterocycles. The van der Waals surface area contributed by atoms with E-state index in [4.69, 9.17) is 4.74 Å². The fraction of sp³-hybridized carbons (Fsp3) is 0.391. The van der Waals surface area contributed by atoms with Crippen LogP contribution in [0.3, 0.4) is 0 Å². The van der Waals surface area contributed by atoms with Gasteiger partial charge in [0.1, 0.15) is 11.4 Å². The summed E-state index contributed by atoms with van der Waals surface area (Å²) in [6, 6.07) is 7.36. The van der Waals surface area contributed by atoms with Crippen molar-refractivity contribution >= 4 is 29.2 Å². The molecule has 0 unspecified atom stereocenters. The Balaban J connectivity index is 1.69. The molecule has 1 aromatic carbocycles. The number of nitrogens with one attached hydrogen (secondary N) is 3. The lowest BCUT2D eigenvalue weighted by molar-refractivity contribution is -0.110. The summed E-state index contributed by atoms with van der Waals surface area (Å²) in [7, 11) is 1.59. The van der Waals surface area contributed by atoms with E-state index in [1.165, 1.54) is 0 Å². The predicted molar refractivity (Wildman–Crippen MR) is 120 cm³/mol. The minimum Gasteiger partial charge on any atom is -0.497 e. The van der Waals surface area contributed by atoms with E-state index >= 15 is 0 Å². The number of aryl methyl sites for hydroxylation is 1. The molecule has 0 spiro atoms. The zero-order valence-electron chi connectivity index (χ0n) is 18.1. The van der Waals surface area contributed by atoms with E-state index in [9.17, 15) is 9.59 Å². The summed E-state index contributed by atoms with van der Waals surface area (Å²) in [5, 5.41) is 5.83. The van der Waals surface area contributed by atoms with Crippen molar-refractivity contribution in [3.63, 3.8) is 0 Å². The molecule has 0 radical (unpaired) electrons. The van der Waals surface area contributed by atoms with Crippen LogP contribution < -0.4 is 15.4 Å². The van der Waals surface area contributed by atoms with Crippen LogP contribution in [0.4, 0.5) is 5.69 Å². The Hall–Kier alpha value is -3.06. The van der Waals surface area contributed by atoms with Crippen LogP contribution in [0.15, 0.2) is 24.3 Å². The van der Waals surface area contributed by atoms with Crippen molar-refractivity contribution in [3.8, 4) is 5.75 Å². The van der Waals surface area contributed by atoms with Crippen LogP contribution in [0, 0.1) is 6.92 Å². The number of carbonyl (C=O) groups is 2. The van der Waals surface area contributed by atoms with Gasteiger partial charge in [0.2, 0.25) is 0 Å². The van der Waals surface area contributed by atoms with Gasteiger partial charge >= 0.3 is 0 Å². The molecule has 30 heavy (non-hydrogen) atoms. The number of aromatic nitrogens is 1. The van der Waals surface area contributed by atoms with Gasteiger partial charge in [-0.05, 0) is 62.8 Å². The van der Waals surface area contributed by atoms with Gasteiger partial charge in [-0.2, -0.15) is 0 Å². The van der Waals surface area contributed by atoms with E-state index in [1.807, 2.05) is 25.1 Å². The first-order chi connectivity index (χ1) is 14.5. The number of hydrogen-bond acceptors (Lipinski definition) is 4. The molecule has 3 N–H and O–H groups in total. The number of fused-ring (bicyclic) bond motifs is 1. The van der Waals surface area contributed by atoms with Gasteiger partial charge in [-0.15, -0.1) is 0 Å². The summed E-state index contributed by atoms with van der Waals surface area (Å²) in [5.74, 6) is 0.386. The number of amides is 2. The van der Waals surface area contributed by atoms with Gasteiger partial charge in [-0.1, -0.05) is 13.8 Å². The van der Waals surface area contributed by atoms with Crippen LogP contribution >= 0.6 is 0 Å². The molecule has 1 aromatic heterocycles.